The van der Waals surface area contributed by atoms with E-state index in [2.05, 4.69) is 15.4 Å². The van der Waals surface area contributed by atoms with Gasteiger partial charge in [0.25, 0.3) is 5.91 Å². The number of piperazine rings is 1. The van der Waals surface area contributed by atoms with Gasteiger partial charge in [-0.15, -0.1) is 5.10 Å². The number of nitrogens with zero attached hydrogens (tertiary/aromatic N) is 4. The molecule has 0 saturated carbocycles. The minimum Gasteiger partial charge on any atom is -0.329 e. The Balaban J connectivity index is 1.85. The summed E-state index contributed by atoms with van der Waals surface area (Å²) in [6.07, 6.45) is 1.44. The summed E-state index contributed by atoms with van der Waals surface area (Å²) in [5.74, 6) is -0.248. The molecule has 0 spiro atoms. The molecule has 134 valence electrons. The lowest BCUT2D eigenvalue weighted by Gasteiger charge is -2.43. The highest BCUT2D eigenvalue weighted by atomic mass is 32.2. The van der Waals surface area contributed by atoms with Gasteiger partial charge in [-0.1, -0.05) is 23.4 Å². The van der Waals surface area contributed by atoms with Crippen molar-refractivity contribution in [2.24, 2.45) is 0 Å². The molecule has 1 aliphatic heterocycles. The summed E-state index contributed by atoms with van der Waals surface area (Å²) in [6, 6.07) is 6.39. The van der Waals surface area contributed by atoms with E-state index < -0.39 is 10.0 Å². The highest BCUT2D eigenvalue weighted by Gasteiger charge is 2.39. The van der Waals surface area contributed by atoms with Gasteiger partial charge in [-0.3, -0.25) is 9.89 Å². The zero-order valence-corrected chi connectivity index (χ0v) is 15.2. The molecule has 9 heteroatoms. The van der Waals surface area contributed by atoms with Crippen LogP contribution in [0.3, 0.4) is 0 Å². The Labute approximate surface area is 146 Å². The van der Waals surface area contributed by atoms with E-state index in [-0.39, 0.29) is 36.8 Å². The number of sulfonamides is 1. The van der Waals surface area contributed by atoms with Gasteiger partial charge in [-0.05, 0) is 32.4 Å². The van der Waals surface area contributed by atoms with Crippen molar-refractivity contribution in [2.75, 3.05) is 13.1 Å². The summed E-state index contributed by atoms with van der Waals surface area (Å²) in [5.41, 5.74) is 0.942. The summed E-state index contributed by atoms with van der Waals surface area (Å²) in [4.78, 5) is 14.6. The molecular formula is C16H21N5O3S. The lowest BCUT2D eigenvalue weighted by Crippen LogP contribution is -2.59. The Morgan fingerprint density at radius 3 is 2.40 bits per heavy atom. The van der Waals surface area contributed by atoms with Crippen molar-refractivity contribution >= 4 is 15.9 Å². The van der Waals surface area contributed by atoms with Crippen LogP contribution >= 0.6 is 0 Å². The van der Waals surface area contributed by atoms with Gasteiger partial charge in [0.1, 0.15) is 0 Å². The first kappa shape index (κ1) is 17.6. The Morgan fingerprint density at radius 2 is 1.84 bits per heavy atom. The molecule has 8 nitrogen and oxygen atoms in total. The molecule has 2 heterocycles. The van der Waals surface area contributed by atoms with Crippen molar-refractivity contribution in [3.63, 3.8) is 0 Å². The molecule has 0 radical (unpaired) electrons. The number of hydrogen-bond donors (Lipinski definition) is 1. The van der Waals surface area contributed by atoms with Crippen LogP contribution in [0.5, 0.6) is 0 Å². The number of aryl methyl sites for hydroxylation is 1. The third-order valence-electron chi connectivity index (χ3n) is 4.47. The van der Waals surface area contributed by atoms with Gasteiger partial charge in [0.15, 0.2) is 5.69 Å². The summed E-state index contributed by atoms with van der Waals surface area (Å²) < 4.78 is 27.5. The number of benzene rings is 1. The van der Waals surface area contributed by atoms with Crippen molar-refractivity contribution in [3.8, 4) is 0 Å². The third kappa shape index (κ3) is 3.16. The molecule has 0 unspecified atom stereocenters. The van der Waals surface area contributed by atoms with Crippen molar-refractivity contribution in [3.05, 3.63) is 41.7 Å². The first-order valence-corrected chi connectivity index (χ1v) is 9.51. The van der Waals surface area contributed by atoms with E-state index in [4.69, 9.17) is 0 Å². The van der Waals surface area contributed by atoms with Crippen LogP contribution in [0.1, 0.15) is 29.9 Å². The van der Waals surface area contributed by atoms with Gasteiger partial charge in [0.2, 0.25) is 10.0 Å². The van der Waals surface area contributed by atoms with Gasteiger partial charge >= 0.3 is 0 Å². The normalized spacial score (nSPS) is 22.1. The molecule has 1 N–H and O–H groups in total. The number of aromatic amines is 1. The summed E-state index contributed by atoms with van der Waals surface area (Å²) >= 11 is 0. The number of amides is 1. The predicted octanol–water partition coefficient (Wildman–Crippen LogP) is 1.04. The monoisotopic (exact) mass is 363 g/mol. The van der Waals surface area contributed by atoms with E-state index in [1.807, 2.05) is 19.9 Å². The number of carbonyl (C=O) groups excluding carboxylic acids is 1. The molecular weight excluding hydrogens is 342 g/mol. The molecule has 1 amide bonds. The molecule has 0 aliphatic carbocycles. The standard InChI is InChI=1S/C16H21N5O3S/c1-11-6-4-5-7-15(11)25(23,24)20-9-12(2)21(13(3)10-20)16(22)14-8-17-19-18-14/h4-8,12-13H,9-10H2,1-3H3,(H,17,18,19)/t12-,13+. The van der Waals surface area contributed by atoms with Crippen LogP contribution in [-0.4, -0.2) is 64.1 Å². The van der Waals surface area contributed by atoms with Gasteiger partial charge in [0.05, 0.1) is 11.1 Å². The van der Waals surface area contributed by atoms with Crippen molar-refractivity contribution < 1.29 is 13.2 Å². The Kier molecular flexibility index (Phi) is 4.61. The second kappa shape index (κ2) is 6.57. The average molecular weight is 363 g/mol. The van der Waals surface area contributed by atoms with Crippen LogP contribution in [0.15, 0.2) is 35.4 Å². The van der Waals surface area contributed by atoms with Crippen LogP contribution in [0.25, 0.3) is 0 Å². The minimum atomic E-state index is -3.60. The topological polar surface area (TPSA) is 99.3 Å². The molecule has 25 heavy (non-hydrogen) atoms. The first-order valence-electron chi connectivity index (χ1n) is 8.07. The molecule has 3 rings (SSSR count). The van der Waals surface area contributed by atoms with E-state index in [0.717, 1.165) is 0 Å². The summed E-state index contributed by atoms with van der Waals surface area (Å²) in [5, 5.41) is 9.85. The van der Waals surface area contributed by atoms with Crippen molar-refractivity contribution in [2.45, 2.75) is 37.8 Å². The van der Waals surface area contributed by atoms with E-state index in [1.165, 1.54) is 10.5 Å². The van der Waals surface area contributed by atoms with Crippen LogP contribution in [0, 0.1) is 6.92 Å². The Morgan fingerprint density at radius 1 is 1.20 bits per heavy atom. The van der Waals surface area contributed by atoms with Crippen LogP contribution in [0.2, 0.25) is 0 Å². The molecule has 0 bridgehead atoms. The average Bonchev–Trinajstić information content (AvgIpc) is 3.08. The fourth-order valence-corrected chi connectivity index (χ4v) is 5.12. The number of nitrogens with one attached hydrogen (secondary N) is 1. The van der Waals surface area contributed by atoms with Gasteiger partial charge in [-0.25, -0.2) is 8.42 Å². The Bertz CT molecular complexity index is 854. The molecule has 2 atom stereocenters. The highest BCUT2D eigenvalue weighted by Crippen LogP contribution is 2.25. The highest BCUT2D eigenvalue weighted by molar-refractivity contribution is 7.89. The van der Waals surface area contributed by atoms with Crippen molar-refractivity contribution in [1.82, 2.24) is 24.6 Å². The molecule has 1 fully saturated rings. The zero-order valence-electron chi connectivity index (χ0n) is 14.4. The maximum absolute atomic E-state index is 13.0. The maximum atomic E-state index is 13.0. The predicted molar refractivity (Wildman–Crippen MR) is 91.4 cm³/mol. The zero-order chi connectivity index (χ0) is 18.2. The molecule has 1 aromatic heterocycles. The number of rotatable bonds is 3. The summed E-state index contributed by atoms with van der Waals surface area (Å²) in [6.45, 7) is 5.95. The summed E-state index contributed by atoms with van der Waals surface area (Å²) in [7, 11) is -3.60. The van der Waals surface area contributed by atoms with E-state index in [9.17, 15) is 13.2 Å². The molecule has 2 aromatic rings. The maximum Gasteiger partial charge on any atom is 0.276 e. The number of carbonyl (C=O) groups is 1. The Hall–Kier alpha value is -2.26. The largest absolute Gasteiger partial charge is 0.329 e. The lowest BCUT2D eigenvalue weighted by atomic mass is 10.1. The lowest BCUT2D eigenvalue weighted by molar-refractivity contribution is 0.0434. The van der Waals surface area contributed by atoms with E-state index >= 15 is 0 Å². The quantitative estimate of drug-likeness (QED) is 0.878. The second-order valence-corrected chi connectivity index (χ2v) is 8.26. The van der Waals surface area contributed by atoms with Crippen LogP contribution in [0.4, 0.5) is 0 Å². The minimum absolute atomic E-state index is 0.230. The fraction of sp³-hybridized carbons (Fsp3) is 0.438. The van der Waals surface area contributed by atoms with Crippen LogP contribution < -0.4 is 0 Å². The SMILES string of the molecule is Cc1ccccc1S(=O)(=O)N1C[C@@H](C)N(C(=O)c2c[nH]nn2)[C@@H](C)C1. The van der Waals surface area contributed by atoms with E-state index in [0.29, 0.717) is 10.5 Å². The number of H-pyrrole nitrogens is 1. The first-order chi connectivity index (χ1) is 11.8. The smallest absolute Gasteiger partial charge is 0.276 e. The van der Waals surface area contributed by atoms with Gasteiger partial charge in [0, 0.05) is 25.2 Å². The molecule has 1 aromatic carbocycles. The fourth-order valence-electron chi connectivity index (χ4n) is 3.29. The van der Waals surface area contributed by atoms with Gasteiger partial charge in [-0.2, -0.15) is 4.31 Å². The van der Waals surface area contributed by atoms with Crippen molar-refractivity contribution in [1.29, 1.82) is 0 Å². The second-order valence-electron chi connectivity index (χ2n) is 6.36. The van der Waals surface area contributed by atoms with Crippen LogP contribution in [-0.2, 0) is 10.0 Å². The van der Waals surface area contributed by atoms with Gasteiger partial charge < -0.3 is 4.90 Å². The van der Waals surface area contributed by atoms with E-state index in [1.54, 1.807) is 30.0 Å². The number of hydrogen-bond acceptors (Lipinski definition) is 5. The molecule has 1 saturated heterocycles. The number of aromatic nitrogens is 3. The molecule has 1 aliphatic rings. The third-order valence-corrected chi connectivity index (χ3v) is 6.46.